The SMILES string of the molecule is C=IC(I=C)(I=C)c1cnccc1-c1[nH]c2c(c1Nc1ccccc1)C(=C)CN(C(=C)C)C2. The fourth-order valence-corrected chi connectivity index (χ4v) is 11.3. The lowest BCUT2D eigenvalue weighted by molar-refractivity contribution is 0.367. The Morgan fingerprint density at radius 2 is 1.79 bits per heavy atom. The molecule has 0 bridgehead atoms. The van der Waals surface area contributed by atoms with Crippen LogP contribution < -0.4 is 5.32 Å². The van der Waals surface area contributed by atoms with Crippen molar-refractivity contribution < 1.29 is 0 Å². The standard InChI is InChI=1S/C26H27I3N4/c1-17(2)33-15-18(3)23-22(16-33)32-24(25(23)31-19-10-8-7-9-11-19)20-12-13-30-14-21(20)26(27-4,28-5)29-6/h7-14,31-32H,1,3-6,15-16H2,2H3. The quantitative estimate of drug-likeness (QED) is 0.184. The van der Waals surface area contributed by atoms with Crippen LogP contribution in [0.2, 0.25) is 0 Å². The highest BCUT2D eigenvalue weighted by Crippen LogP contribution is 2.57. The van der Waals surface area contributed by atoms with Gasteiger partial charge in [0.25, 0.3) is 0 Å². The number of H-pyrrole nitrogens is 1. The molecule has 172 valence electrons. The number of nitrogens with one attached hydrogen (secondary N) is 2. The van der Waals surface area contributed by atoms with Crippen LogP contribution in [0.3, 0.4) is 0 Å². The number of hydrogen-bond donors (Lipinski definition) is 2. The van der Waals surface area contributed by atoms with E-state index in [9.17, 15) is 0 Å². The van der Waals surface area contributed by atoms with E-state index in [1.807, 2.05) is 25.4 Å². The molecule has 1 aliphatic heterocycles. The van der Waals surface area contributed by atoms with Crippen LogP contribution in [-0.2, 0) is 5.98 Å². The number of para-hydroxylation sites is 1. The zero-order chi connectivity index (χ0) is 23.6. The van der Waals surface area contributed by atoms with Gasteiger partial charge < -0.3 is 15.2 Å². The number of hydrogen-bond acceptors (Lipinski definition) is 3. The van der Waals surface area contributed by atoms with Gasteiger partial charge in [0.05, 0.1) is 17.9 Å². The van der Waals surface area contributed by atoms with Crippen molar-refractivity contribution in [2.24, 2.45) is 0 Å². The van der Waals surface area contributed by atoms with Gasteiger partial charge in [-0.2, -0.15) is 0 Å². The second kappa shape index (κ2) is 10.4. The third-order valence-electron chi connectivity index (χ3n) is 5.64. The van der Waals surface area contributed by atoms with Gasteiger partial charge in [-0.05, 0) is 30.7 Å². The number of benzene rings is 1. The van der Waals surface area contributed by atoms with Crippen LogP contribution in [0.4, 0.5) is 11.4 Å². The van der Waals surface area contributed by atoms with Crippen molar-refractivity contribution in [1.29, 1.82) is 0 Å². The molecule has 0 saturated carbocycles. The Labute approximate surface area is 225 Å². The number of pyridine rings is 1. The zero-order valence-electron chi connectivity index (χ0n) is 18.6. The largest absolute Gasteiger partial charge is 0.365 e. The van der Waals surface area contributed by atoms with Crippen molar-refractivity contribution in [3.8, 4) is 11.3 Å². The summed E-state index contributed by atoms with van der Waals surface area (Å²) in [7, 11) is 0. The zero-order valence-corrected chi connectivity index (χ0v) is 25.1. The molecule has 3 heterocycles. The Bertz CT molecular complexity index is 1240. The molecule has 0 unspecified atom stereocenters. The van der Waals surface area contributed by atoms with E-state index in [-0.39, 0.29) is 61.6 Å². The summed E-state index contributed by atoms with van der Waals surface area (Å²) in [4.78, 5) is 10.6. The summed E-state index contributed by atoms with van der Waals surface area (Å²) in [5.74, 6) is 0. The minimum atomic E-state index is -0.302. The molecule has 4 nitrogen and oxygen atoms in total. The minimum Gasteiger partial charge on any atom is -0.365 e. The van der Waals surface area contributed by atoms with E-state index in [4.69, 9.17) is 0 Å². The predicted molar refractivity (Wildman–Crippen MR) is 173 cm³/mol. The minimum absolute atomic E-state index is 0.0939. The maximum Gasteiger partial charge on any atom is 0.135 e. The number of halogens is 3. The summed E-state index contributed by atoms with van der Waals surface area (Å²) in [6.07, 6.45) is 3.92. The molecule has 2 N–H and O–H groups in total. The molecule has 0 atom stereocenters. The van der Waals surface area contributed by atoms with E-state index >= 15 is 0 Å². The Kier molecular flexibility index (Phi) is 7.79. The molecule has 7 heteroatoms. The number of aromatic nitrogens is 2. The Morgan fingerprint density at radius 3 is 2.42 bits per heavy atom. The van der Waals surface area contributed by atoms with Crippen molar-refractivity contribution in [3.63, 3.8) is 0 Å². The van der Waals surface area contributed by atoms with Crippen LogP contribution in [0.1, 0.15) is 23.7 Å². The van der Waals surface area contributed by atoms with Crippen LogP contribution in [-0.4, -0.2) is 35.0 Å². The van der Waals surface area contributed by atoms with E-state index in [1.54, 1.807) is 0 Å². The summed E-state index contributed by atoms with van der Waals surface area (Å²) in [6.45, 7) is 12.2. The van der Waals surface area contributed by atoms with Gasteiger partial charge in [0.15, 0.2) is 0 Å². The molecule has 33 heavy (non-hydrogen) atoms. The number of nitrogens with zero attached hydrogens (tertiary/aromatic N) is 2. The van der Waals surface area contributed by atoms with Gasteiger partial charge in [-0.1, -0.05) is 107 Å². The van der Waals surface area contributed by atoms with E-state index in [0.29, 0.717) is 0 Å². The van der Waals surface area contributed by atoms with Gasteiger partial charge in [-0.15, -0.1) is 0 Å². The predicted octanol–water partition coefficient (Wildman–Crippen LogP) is 7.50. The molecule has 0 amide bonds. The van der Waals surface area contributed by atoms with Gasteiger partial charge in [0.1, 0.15) is -0.565 Å². The molecule has 2 aromatic heterocycles. The van der Waals surface area contributed by atoms with Crippen molar-refractivity contribution >= 4 is 92.7 Å². The Hall–Kier alpha value is -1.47. The van der Waals surface area contributed by atoms with Crippen LogP contribution in [0.15, 0.2) is 67.6 Å². The molecular formula is C26H27I3N4. The molecule has 1 aromatic carbocycles. The molecule has 4 rings (SSSR count). The van der Waals surface area contributed by atoms with E-state index < -0.39 is 0 Å². The molecule has 0 radical (unpaired) electrons. The average Bonchev–Trinajstić information content (AvgIpc) is 3.20. The first-order valence-electron chi connectivity index (χ1n) is 10.2. The summed E-state index contributed by atoms with van der Waals surface area (Å²) in [6, 6.07) is 12.5. The lowest BCUT2D eigenvalue weighted by Gasteiger charge is -2.30. The summed E-state index contributed by atoms with van der Waals surface area (Å²) < 4.78 is 13.3. The van der Waals surface area contributed by atoms with Crippen molar-refractivity contribution in [3.05, 3.63) is 84.5 Å². The first-order chi connectivity index (χ1) is 15.9. The Morgan fingerprint density at radius 1 is 1.09 bits per heavy atom. The number of fused-ring (bicyclic) bond motifs is 1. The van der Waals surface area contributed by atoms with Crippen LogP contribution in [0.5, 0.6) is 0 Å². The maximum atomic E-state index is 4.52. The summed E-state index contributed by atoms with van der Waals surface area (Å²) in [5, 5.41) is 3.71. The molecule has 0 fully saturated rings. The first kappa shape index (κ1) is 24.6. The van der Waals surface area contributed by atoms with Crippen molar-refractivity contribution in [2.75, 3.05) is 11.9 Å². The fraction of sp³-hybridized carbons (Fsp3) is 0.154. The average molecular weight is 776 g/mol. The summed E-state index contributed by atoms with van der Waals surface area (Å²) >= 11 is -0.906. The van der Waals surface area contributed by atoms with E-state index in [0.717, 1.165) is 47.1 Å². The normalized spacial score (nSPS) is 13.6. The number of allylic oxidation sites excluding steroid dienone is 1. The second-order valence-corrected chi connectivity index (χ2v) is 21.1. The van der Waals surface area contributed by atoms with Gasteiger partial charge in [-0.25, -0.2) is 0 Å². The smallest absolute Gasteiger partial charge is 0.135 e. The van der Waals surface area contributed by atoms with E-state index in [2.05, 4.69) is 77.2 Å². The Balaban J connectivity index is 1.97. The first-order valence-corrected chi connectivity index (χ1v) is 18.0. The number of rotatable bonds is 8. The molecule has 1 aliphatic rings. The van der Waals surface area contributed by atoms with Gasteiger partial charge in [0, 0.05) is 52.7 Å². The van der Waals surface area contributed by atoms with Gasteiger partial charge in [-0.3, -0.25) is 4.98 Å². The number of anilines is 2. The maximum absolute atomic E-state index is 4.52. The molecule has 3 aromatic rings. The third kappa shape index (κ3) is 4.72. The lowest BCUT2D eigenvalue weighted by atomic mass is 9.98. The van der Waals surface area contributed by atoms with Crippen molar-refractivity contribution in [2.45, 2.75) is 12.9 Å². The topological polar surface area (TPSA) is 44.0 Å². The molecular weight excluding hydrogens is 749 g/mol. The fourth-order valence-electron chi connectivity index (χ4n) is 4.04. The van der Waals surface area contributed by atoms with Crippen LogP contribution in [0.25, 0.3) is 16.8 Å². The third-order valence-corrected chi connectivity index (χ3v) is 21.9. The molecule has 0 spiro atoms. The highest BCUT2D eigenvalue weighted by molar-refractivity contribution is 14.3. The van der Waals surface area contributed by atoms with Crippen LogP contribution in [0, 0.1) is 0 Å². The molecule has 0 aliphatic carbocycles. The van der Waals surface area contributed by atoms with Crippen molar-refractivity contribution in [1.82, 2.24) is 14.9 Å². The highest BCUT2D eigenvalue weighted by Gasteiger charge is 2.32. The van der Waals surface area contributed by atoms with Gasteiger partial charge in [0.2, 0.25) is 0 Å². The summed E-state index contributed by atoms with van der Waals surface area (Å²) in [5.41, 5.74) is 10.1. The number of alkyl halides is 3. The molecule has 0 saturated heterocycles. The number of aromatic amines is 1. The van der Waals surface area contributed by atoms with E-state index in [1.165, 1.54) is 16.7 Å². The van der Waals surface area contributed by atoms with Crippen LogP contribution >= 0.6 is 62.2 Å². The lowest BCUT2D eigenvalue weighted by Crippen LogP contribution is -2.27. The highest BCUT2D eigenvalue weighted by atomic mass is 127. The monoisotopic (exact) mass is 776 g/mol. The van der Waals surface area contributed by atoms with Gasteiger partial charge >= 0.3 is 0 Å². The second-order valence-electron chi connectivity index (χ2n) is 7.73.